The SMILES string of the molecule is O=C(NN=Cc1ccsc1)c1ccc(COc2ccccc2)cc1. The fraction of sp³-hybridized carbons (Fsp3) is 0.0526. The van der Waals surface area contributed by atoms with Crippen LogP contribution in [0.25, 0.3) is 0 Å². The molecular formula is C19H16N2O2S. The number of para-hydroxylation sites is 1. The van der Waals surface area contributed by atoms with Crippen molar-refractivity contribution < 1.29 is 9.53 Å². The Kier molecular flexibility index (Phi) is 5.37. The topological polar surface area (TPSA) is 50.7 Å². The number of hydrogen-bond acceptors (Lipinski definition) is 4. The Bertz CT molecular complexity index is 797. The number of carbonyl (C=O) groups excluding carboxylic acids is 1. The largest absolute Gasteiger partial charge is 0.489 e. The predicted octanol–water partition coefficient (Wildman–Crippen LogP) is 4.09. The Morgan fingerprint density at radius 1 is 1.08 bits per heavy atom. The number of nitrogens with zero attached hydrogens (tertiary/aromatic N) is 1. The van der Waals surface area contributed by atoms with Crippen LogP contribution >= 0.6 is 11.3 Å². The predicted molar refractivity (Wildman–Crippen MR) is 96.6 cm³/mol. The van der Waals surface area contributed by atoms with Gasteiger partial charge in [0.1, 0.15) is 12.4 Å². The first-order valence-electron chi connectivity index (χ1n) is 7.44. The normalized spacial score (nSPS) is 10.7. The number of amides is 1. The highest BCUT2D eigenvalue weighted by atomic mass is 32.1. The molecule has 0 fully saturated rings. The second-order valence-electron chi connectivity index (χ2n) is 5.05. The van der Waals surface area contributed by atoms with Gasteiger partial charge in [0.25, 0.3) is 5.91 Å². The molecule has 120 valence electrons. The summed E-state index contributed by atoms with van der Waals surface area (Å²) in [7, 11) is 0. The molecule has 0 radical (unpaired) electrons. The fourth-order valence-corrected chi connectivity index (χ4v) is 2.62. The van der Waals surface area contributed by atoms with Gasteiger partial charge in [-0.15, -0.1) is 0 Å². The van der Waals surface area contributed by atoms with Gasteiger partial charge < -0.3 is 4.74 Å². The number of carbonyl (C=O) groups is 1. The van der Waals surface area contributed by atoms with Crippen molar-refractivity contribution in [3.8, 4) is 5.75 Å². The molecule has 1 aromatic heterocycles. The Balaban J connectivity index is 1.52. The van der Waals surface area contributed by atoms with E-state index in [-0.39, 0.29) is 5.91 Å². The van der Waals surface area contributed by atoms with E-state index >= 15 is 0 Å². The minimum atomic E-state index is -0.239. The lowest BCUT2D eigenvalue weighted by Gasteiger charge is -2.06. The summed E-state index contributed by atoms with van der Waals surface area (Å²) < 4.78 is 5.68. The minimum Gasteiger partial charge on any atom is -0.489 e. The summed E-state index contributed by atoms with van der Waals surface area (Å²) in [6.45, 7) is 0.461. The summed E-state index contributed by atoms with van der Waals surface area (Å²) in [6.07, 6.45) is 1.62. The van der Waals surface area contributed by atoms with Gasteiger partial charge in [0, 0.05) is 11.1 Å². The lowest BCUT2D eigenvalue weighted by molar-refractivity contribution is 0.0955. The van der Waals surface area contributed by atoms with Crippen LogP contribution in [0.2, 0.25) is 0 Å². The van der Waals surface area contributed by atoms with Gasteiger partial charge in [-0.2, -0.15) is 16.4 Å². The zero-order valence-electron chi connectivity index (χ0n) is 12.9. The number of nitrogens with one attached hydrogen (secondary N) is 1. The van der Waals surface area contributed by atoms with E-state index in [9.17, 15) is 4.79 Å². The first kappa shape index (κ1) is 16.0. The quantitative estimate of drug-likeness (QED) is 0.544. The van der Waals surface area contributed by atoms with Crippen molar-refractivity contribution in [2.45, 2.75) is 6.61 Å². The molecule has 0 bridgehead atoms. The van der Waals surface area contributed by atoms with Crippen molar-refractivity contribution in [2.24, 2.45) is 5.10 Å². The van der Waals surface area contributed by atoms with Crippen LogP contribution in [0.1, 0.15) is 21.5 Å². The van der Waals surface area contributed by atoms with Crippen molar-refractivity contribution in [2.75, 3.05) is 0 Å². The molecule has 3 rings (SSSR count). The molecule has 0 saturated heterocycles. The van der Waals surface area contributed by atoms with Gasteiger partial charge in [0.05, 0.1) is 6.21 Å². The molecule has 0 aliphatic heterocycles. The molecule has 0 spiro atoms. The van der Waals surface area contributed by atoms with Crippen molar-refractivity contribution in [1.82, 2.24) is 5.43 Å². The smallest absolute Gasteiger partial charge is 0.271 e. The molecule has 0 atom stereocenters. The van der Waals surface area contributed by atoms with E-state index in [4.69, 9.17) is 4.74 Å². The van der Waals surface area contributed by atoms with E-state index < -0.39 is 0 Å². The Morgan fingerprint density at radius 3 is 2.58 bits per heavy atom. The lowest BCUT2D eigenvalue weighted by atomic mass is 10.1. The van der Waals surface area contributed by atoms with Crippen molar-refractivity contribution in [3.63, 3.8) is 0 Å². The number of ether oxygens (including phenoxy) is 1. The molecule has 0 aliphatic carbocycles. The molecule has 0 aliphatic rings. The minimum absolute atomic E-state index is 0.239. The maximum atomic E-state index is 12.0. The van der Waals surface area contributed by atoms with Crippen molar-refractivity contribution in [3.05, 3.63) is 88.1 Å². The van der Waals surface area contributed by atoms with Gasteiger partial charge in [-0.1, -0.05) is 30.3 Å². The van der Waals surface area contributed by atoms with Crippen molar-refractivity contribution >= 4 is 23.5 Å². The van der Waals surface area contributed by atoms with E-state index in [1.54, 1.807) is 29.7 Å². The summed E-state index contributed by atoms with van der Waals surface area (Å²) in [4.78, 5) is 12.0. The number of rotatable bonds is 6. The molecule has 0 unspecified atom stereocenters. The highest BCUT2D eigenvalue weighted by Crippen LogP contribution is 2.12. The summed E-state index contributed by atoms with van der Waals surface area (Å²) in [6, 6.07) is 18.8. The Morgan fingerprint density at radius 2 is 1.88 bits per heavy atom. The molecule has 5 heteroatoms. The van der Waals surface area contributed by atoms with Crippen LogP contribution in [0, 0.1) is 0 Å². The average molecular weight is 336 g/mol. The summed E-state index contributed by atoms with van der Waals surface area (Å²) in [5.74, 6) is 0.582. The average Bonchev–Trinajstić information content (AvgIpc) is 3.15. The fourth-order valence-electron chi connectivity index (χ4n) is 2.01. The molecular weight excluding hydrogens is 320 g/mol. The molecule has 1 N–H and O–H groups in total. The standard InChI is InChI=1S/C19H16N2O2S/c22-19(21-20-12-16-10-11-24-14-16)17-8-6-15(7-9-17)13-23-18-4-2-1-3-5-18/h1-12,14H,13H2,(H,21,22). The maximum absolute atomic E-state index is 12.0. The van der Waals surface area contributed by atoms with E-state index in [0.717, 1.165) is 16.9 Å². The third kappa shape index (κ3) is 4.54. The zero-order chi connectivity index (χ0) is 16.6. The molecule has 1 heterocycles. The third-order valence-corrected chi connectivity index (χ3v) is 3.99. The highest BCUT2D eigenvalue weighted by molar-refractivity contribution is 7.08. The van der Waals surface area contributed by atoms with Crippen LogP contribution in [0.3, 0.4) is 0 Å². The summed E-state index contributed by atoms with van der Waals surface area (Å²) >= 11 is 1.58. The second kappa shape index (κ2) is 8.08. The van der Waals surface area contributed by atoms with Crippen LogP contribution in [-0.4, -0.2) is 12.1 Å². The number of hydrogen-bond donors (Lipinski definition) is 1. The monoisotopic (exact) mass is 336 g/mol. The lowest BCUT2D eigenvalue weighted by Crippen LogP contribution is -2.17. The highest BCUT2D eigenvalue weighted by Gasteiger charge is 2.04. The van der Waals surface area contributed by atoms with Crippen LogP contribution in [0.4, 0.5) is 0 Å². The maximum Gasteiger partial charge on any atom is 0.271 e. The Labute approximate surface area is 144 Å². The van der Waals surface area contributed by atoms with Crippen LogP contribution in [-0.2, 0) is 6.61 Å². The van der Waals surface area contributed by atoms with Crippen LogP contribution in [0.15, 0.2) is 76.5 Å². The number of benzene rings is 2. The number of thiophene rings is 1. The van der Waals surface area contributed by atoms with Gasteiger partial charge in [-0.05, 0) is 46.7 Å². The second-order valence-corrected chi connectivity index (χ2v) is 5.83. The molecule has 0 saturated carbocycles. The summed E-state index contributed by atoms with van der Waals surface area (Å²) in [5.41, 5.74) is 5.04. The molecule has 4 nitrogen and oxygen atoms in total. The third-order valence-electron chi connectivity index (χ3n) is 3.29. The first-order valence-corrected chi connectivity index (χ1v) is 8.38. The first-order chi connectivity index (χ1) is 11.8. The van der Waals surface area contributed by atoms with Gasteiger partial charge >= 0.3 is 0 Å². The van der Waals surface area contributed by atoms with E-state index in [2.05, 4.69) is 10.5 Å². The van der Waals surface area contributed by atoms with Crippen molar-refractivity contribution in [1.29, 1.82) is 0 Å². The molecule has 2 aromatic carbocycles. The molecule has 1 amide bonds. The Hall–Kier alpha value is -2.92. The van der Waals surface area contributed by atoms with Gasteiger partial charge in [0.2, 0.25) is 0 Å². The van der Waals surface area contributed by atoms with E-state index in [0.29, 0.717) is 12.2 Å². The van der Waals surface area contributed by atoms with Crippen LogP contribution < -0.4 is 10.2 Å². The van der Waals surface area contributed by atoms with E-state index in [1.165, 1.54) is 0 Å². The van der Waals surface area contributed by atoms with Gasteiger partial charge in [-0.25, -0.2) is 5.43 Å². The summed E-state index contributed by atoms with van der Waals surface area (Å²) in [5, 5.41) is 7.86. The van der Waals surface area contributed by atoms with Crippen LogP contribution in [0.5, 0.6) is 5.75 Å². The van der Waals surface area contributed by atoms with Gasteiger partial charge in [0.15, 0.2) is 0 Å². The number of hydrazone groups is 1. The molecule has 3 aromatic rings. The van der Waals surface area contributed by atoms with Gasteiger partial charge in [-0.3, -0.25) is 4.79 Å². The molecule has 24 heavy (non-hydrogen) atoms. The van der Waals surface area contributed by atoms with E-state index in [1.807, 2.05) is 59.3 Å². The zero-order valence-corrected chi connectivity index (χ0v) is 13.7.